The maximum atomic E-state index is 15.2. The predicted molar refractivity (Wildman–Crippen MR) is 137 cm³/mol. The van der Waals surface area contributed by atoms with Crippen molar-refractivity contribution >= 4 is 0 Å². The fourth-order valence-electron chi connectivity index (χ4n) is 6.74. The van der Waals surface area contributed by atoms with E-state index in [4.69, 9.17) is 4.74 Å². The molecule has 0 aromatic heterocycles. The Labute approximate surface area is 205 Å². The molecule has 186 valence electrons. The quantitative estimate of drug-likeness (QED) is 0.375. The smallest absolute Gasteiger partial charge is 0.127 e. The van der Waals surface area contributed by atoms with Gasteiger partial charge in [-0.3, -0.25) is 0 Å². The predicted octanol–water partition coefficient (Wildman–Crippen LogP) is 9.40. The lowest BCUT2D eigenvalue weighted by molar-refractivity contribution is 0.0314. The summed E-state index contributed by atoms with van der Waals surface area (Å²) < 4.78 is 35.9. The van der Waals surface area contributed by atoms with E-state index in [1.807, 2.05) is 24.3 Å². The molecule has 2 aromatic carbocycles. The molecule has 2 saturated carbocycles. The Morgan fingerprint density at radius 2 is 1.26 bits per heavy atom. The maximum Gasteiger partial charge on any atom is 0.127 e. The molecular formula is C31H42F2O. The molecule has 2 fully saturated rings. The van der Waals surface area contributed by atoms with Gasteiger partial charge in [-0.15, -0.1) is 0 Å². The van der Waals surface area contributed by atoms with Crippen LogP contribution in [0.5, 0.6) is 0 Å². The highest BCUT2D eigenvalue weighted by Gasteiger charge is 2.29. The molecule has 0 aliphatic heterocycles. The van der Waals surface area contributed by atoms with Crippen molar-refractivity contribution < 1.29 is 13.5 Å². The first kappa shape index (κ1) is 25.4. The number of hydrogen-bond donors (Lipinski definition) is 0. The molecule has 2 aliphatic carbocycles. The van der Waals surface area contributed by atoms with E-state index in [0.717, 1.165) is 73.1 Å². The Kier molecular flexibility index (Phi) is 8.80. The molecule has 2 aromatic rings. The van der Waals surface area contributed by atoms with E-state index in [1.165, 1.54) is 25.7 Å². The van der Waals surface area contributed by atoms with Gasteiger partial charge >= 0.3 is 0 Å². The third-order valence-corrected chi connectivity index (χ3v) is 8.76. The van der Waals surface area contributed by atoms with Gasteiger partial charge in [0.2, 0.25) is 0 Å². The van der Waals surface area contributed by atoms with Crippen LogP contribution in [-0.4, -0.2) is 13.2 Å². The number of methoxy groups -OCH3 is 1. The fourth-order valence-corrected chi connectivity index (χ4v) is 6.74. The molecule has 0 saturated heterocycles. The van der Waals surface area contributed by atoms with Crippen LogP contribution < -0.4 is 0 Å². The van der Waals surface area contributed by atoms with Gasteiger partial charge in [0.1, 0.15) is 11.6 Å². The summed E-state index contributed by atoms with van der Waals surface area (Å²) in [4.78, 5) is 0. The Morgan fingerprint density at radius 1 is 0.765 bits per heavy atom. The number of halogens is 2. The maximum absolute atomic E-state index is 15.2. The van der Waals surface area contributed by atoms with Crippen LogP contribution in [0.4, 0.5) is 8.78 Å². The lowest BCUT2D eigenvalue weighted by Crippen LogP contribution is -2.26. The number of ether oxygens (including phenoxy) is 1. The monoisotopic (exact) mass is 468 g/mol. The van der Waals surface area contributed by atoms with Crippen LogP contribution in [0.25, 0.3) is 11.1 Å². The zero-order valence-corrected chi connectivity index (χ0v) is 21.3. The number of benzene rings is 2. The van der Waals surface area contributed by atoms with Crippen molar-refractivity contribution in [2.24, 2.45) is 11.8 Å². The van der Waals surface area contributed by atoms with Gasteiger partial charge < -0.3 is 4.74 Å². The van der Waals surface area contributed by atoms with Crippen LogP contribution in [0.3, 0.4) is 0 Å². The second-order valence-electron chi connectivity index (χ2n) is 10.8. The van der Waals surface area contributed by atoms with Crippen LogP contribution >= 0.6 is 0 Å². The van der Waals surface area contributed by atoms with Gasteiger partial charge in [-0.1, -0.05) is 51.0 Å². The van der Waals surface area contributed by atoms with E-state index in [9.17, 15) is 0 Å². The molecular weight excluding hydrogens is 426 g/mol. The Morgan fingerprint density at radius 3 is 1.68 bits per heavy atom. The van der Waals surface area contributed by atoms with Crippen LogP contribution in [-0.2, 0) is 4.74 Å². The molecule has 0 amide bonds. The van der Waals surface area contributed by atoms with Gasteiger partial charge in [0, 0.05) is 7.11 Å². The topological polar surface area (TPSA) is 9.23 Å². The molecule has 4 rings (SSSR count). The van der Waals surface area contributed by atoms with Crippen LogP contribution in [0.2, 0.25) is 0 Å². The molecule has 0 spiro atoms. The van der Waals surface area contributed by atoms with Crippen molar-refractivity contribution in [1.29, 1.82) is 0 Å². The first-order valence-corrected chi connectivity index (χ1v) is 13.7. The van der Waals surface area contributed by atoms with Gasteiger partial charge in [0.15, 0.2) is 0 Å². The summed E-state index contributed by atoms with van der Waals surface area (Å²) in [6, 6.07) is 11.1. The molecule has 2 aliphatic rings. The number of rotatable bonds is 8. The third kappa shape index (κ3) is 5.73. The lowest BCUT2D eigenvalue weighted by atomic mass is 9.76. The van der Waals surface area contributed by atoms with Crippen molar-refractivity contribution in [2.75, 3.05) is 7.11 Å². The first-order valence-electron chi connectivity index (χ1n) is 13.7. The van der Waals surface area contributed by atoms with E-state index in [2.05, 4.69) is 13.8 Å². The minimum atomic E-state index is -0.154. The minimum absolute atomic E-state index is 0.136. The van der Waals surface area contributed by atoms with Crippen molar-refractivity contribution in [3.63, 3.8) is 0 Å². The molecule has 1 unspecified atom stereocenters. The highest BCUT2D eigenvalue weighted by Crippen LogP contribution is 2.41. The Hall–Kier alpha value is -1.74. The van der Waals surface area contributed by atoms with Gasteiger partial charge in [-0.25, -0.2) is 8.78 Å². The third-order valence-electron chi connectivity index (χ3n) is 8.76. The second kappa shape index (κ2) is 11.8. The van der Waals surface area contributed by atoms with Gasteiger partial charge in [0.25, 0.3) is 0 Å². The Balaban J connectivity index is 1.42. The highest BCUT2D eigenvalue weighted by atomic mass is 19.1. The van der Waals surface area contributed by atoms with E-state index in [-0.39, 0.29) is 17.6 Å². The zero-order valence-electron chi connectivity index (χ0n) is 21.3. The molecule has 0 N–H and O–H groups in total. The van der Waals surface area contributed by atoms with Gasteiger partial charge in [-0.2, -0.15) is 0 Å². The summed E-state index contributed by atoms with van der Waals surface area (Å²) in [7, 11) is 1.80. The second-order valence-corrected chi connectivity index (χ2v) is 10.8. The van der Waals surface area contributed by atoms with E-state index >= 15 is 8.78 Å². The van der Waals surface area contributed by atoms with Crippen molar-refractivity contribution in [2.45, 2.75) is 102 Å². The van der Waals surface area contributed by atoms with E-state index < -0.39 is 0 Å². The molecule has 34 heavy (non-hydrogen) atoms. The largest absolute Gasteiger partial charge is 0.381 e. The zero-order chi connectivity index (χ0) is 24.1. The number of hydrogen-bond acceptors (Lipinski definition) is 1. The van der Waals surface area contributed by atoms with E-state index in [1.54, 1.807) is 19.2 Å². The normalized spacial score (nSPS) is 26.4. The fraction of sp³-hybridized carbons (Fsp3) is 0.613. The van der Waals surface area contributed by atoms with Gasteiger partial charge in [0.05, 0.1) is 6.10 Å². The molecule has 3 heteroatoms. The summed E-state index contributed by atoms with van der Waals surface area (Å²) in [5, 5.41) is 0. The van der Waals surface area contributed by atoms with Crippen molar-refractivity contribution in [3.05, 3.63) is 59.2 Å². The summed E-state index contributed by atoms with van der Waals surface area (Å²) in [6.07, 6.45) is 12.6. The summed E-state index contributed by atoms with van der Waals surface area (Å²) in [6.45, 7) is 4.42. The molecule has 0 heterocycles. The SMILES string of the molecule is CCCC1CCC(c2ccc(-c3ccc(C4CCC(C(CC)OC)CC4)c(F)c3)cc2F)CC1. The first-order chi connectivity index (χ1) is 16.5. The summed E-state index contributed by atoms with van der Waals surface area (Å²) >= 11 is 0. The average molecular weight is 469 g/mol. The van der Waals surface area contributed by atoms with Gasteiger partial charge in [-0.05, 0) is 116 Å². The van der Waals surface area contributed by atoms with Crippen molar-refractivity contribution in [1.82, 2.24) is 0 Å². The molecule has 1 nitrogen and oxygen atoms in total. The molecule has 0 radical (unpaired) electrons. The Bertz CT molecular complexity index is 919. The van der Waals surface area contributed by atoms with E-state index in [0.29, 0.717) is 17.9 Å². The minimum Gasteiger partial charge on any atom is -0.381 e. The standard InChI is InChI=1S/C31H42F2O/c1-4-6-21-7-9-22(10-8-21)27-17-15-25(19-29(27)32)26-16-18-28(30(33)20-26)23-11-13-24(14-12-23)31(5-2)34-3/h15-24,31H,4-14H2,1-3H3. The lowest BCUT2D eigenvalue weighted by Gasteiger charge is -2.33. The summed E-state index contributed by atoms with van der Waals surface area (Å²) in [5.41, 5.74) is 3.18. The van der Waals surface area contributed by atoms with Crippen molar-refractivity contribution in [3.8, 4) is 11.1 Å². The van der Waals surface area contributed by atoms with Crippen LogP contribution in [0.15, 0.2) is 36.4 Å². The molecule has 1 atom stereocenters. The molecule has 0 bridgehead atoms. The van der Waals surface area contributed by atoms with Crippen LogP contribution in [0.1, 0.15) is 107 Å². The highest BCUT2D eigenvalue weighted by molar-refractivity contribution is 5.64. The average Bonchev–Trinajstić information content (AvgIpc) is 2.86. The van der Waals surface area contributed by atoms with Crippen LogP contribution in [0, 0.1) is 23.5 Å². The summed E-state index contributed by atoms with van der Waals surface area (Å²) in [5.74, 6) is 1.69.